The summed E-state index contributed by atoms with van der Waals surface area (Å²) in [6.45, 7) is 1.96. The first-order chi connectivity index (χ1) is 12.1. The maximum atomic E-state index is 11.4. The minimum atomic E-state index is -0.985. The molecule has 0 atom stereocenters. The average molecular weight is 329 g/mol. The lowest BCUT2D eigenvalue weighted by Crippen LogP contribution is -1.96. The Morgan fingerprint density at radius 3 is 2.60 bits per heavy atom. The van der Waals surface area contributed by atoms with Crippen molar-refractivity contribution in [1.29, 1.82) is 0 Å². The molecule has 0 bridgehead atoms. The molecular weight excluding hydrogens is 314 g/mol. The molecule has 5 nitrogen and oxygen atoms in total. The minimum Gasteiger partial charge on any atom is -0.478 e. The first kappa shape index (κ1) is 15.1. The molecule has 4 aromatic rings. The number of aryl methyl sites for hydroxylation is 1. The molecule has 0 saturated heterocycles. The van der Waals surface area contributed by atoms with Gasteiger partial charge in [0, 0.05) is 17.5 Å². The molecule has 0 unspecified atom stereocenters. The Bertz CT molecular complexity index is 1100. The Balaban J connectivity index is 1.92. The SMILES string of the molecule is Cc1cccc(-c2ccccc2-c2ccn3ncc(C(=O)O)c3c2)n1. The molecule has 5 heteroatoms. The molecule has 0 amide bonds. The van der Waals surface area contributed by atoms with Gasteiger partial charge < -0.3 is 5.11 Å². The number of pyridine rings is 2. The van der Waals surface area contributed by atoms with Crippen molar-refractivity contribution in [2.75, 3.05) is 0 Å². The lowest BCUT2D eigenvalue weighted by molar-refractivity contribution is 0.0699. The Kier molecular flexibility index (Phi) is 3.54. The van der Waals surface area contributed by atoms with Crippen molar-refractivity contribution in [2.24, 2.45) is 0 Å². The van der Waals surface area contributed by atoms with Crippen LogP contribution in [0.15, 0.2) is 67.0 Å². The molecule has 0 aliphatic heterocycles. The van der Waals surface area contributed by atoms with Crippen molar-refractivity contribution in [1.82, 2.24) is 14.6 Å². The predicted octanol–water partition coefficient (Wildman–Crippen LogP) is 4.07. The fourth-order valence-corrected chi connectivity index (χ4v) is 2.96. The predicted molar refractivity (Wildman–Crippen MR) is 95.6 cm³/mol. The van der Waals surface area contributed by atoms with Gasteiger partial charge in [0.05, 0.1) is 17.4 Å². The smallest absolute Gasteiger partial charge is 0.339 e. The van der Waals surface area contributed by atoms with E-state index in [0.29, 0.717) is 5.52 Å². The number of nitrogens with zero attached hydrogens (tertiary/aromatic N) is 3. The zero-order valence-corrected chi connectivity index (χ0v) is 13.5. The number of hydrogen-bond acceptors (Lipinski definition) is 3. The standard InChI is InChI=1S/C20H15N3O2/c1-13-5-4-8-18(22-13)16-7-3-2-6-15(16)14-9-10-23-19(11-14)17(12-21-23)20(24)25/h2-12H,1H3,(H,24,25). The van der Waals surface area contributed by atoms with Gasteiger partial charge in [-0.15, -0.1) is 0 Å². The maximum Gasteiger partial charge on any atom is 0.339 e. The fraction of sp³-hybridized carbons (Fsp3) is 0.0500. The molecule has 0 aliphatic rings. The lowest BCUT2D eigenvalue weighted by atomic mass is 9.97. The largest absolute Gasteiger partial charge is 0.478 e. The number of aromatic nitrogens is 3. The van der Waals surface area contributed by atoms with E-state index in [0.717, 1.165) is 28.1 Å². The molecule has 3 heterocycles. The van der Waals surface area contributed by atoms with Crippen LogP contribution in [0.1, 0.15) is 16.1 Å². The van der Waals surface area contributed by atoms with Gasteiger partial charge in [-0.2, -0.15) is 5.10 Å². The van der Waals surface area contributed by atoms with Gasteiger partial charge in [-0.25, -0.2) is 9.31 Å². The molecule has 0 radical (unpaired) electrons. The van der Waals surface area contributed by atoms with Crippen molar-refractivity contribution in [3.8, 4) is 22.4 Å². The van der Waals surface area contributed by atoms with Crippen LogP contribution in [0.3, 0.4) is 0 Å². The Morgan fingerprint density at radius 2 is 1.84 bits per heavy atom. The highest BCUT2D eigenvalue weighted by molar-refractivity contribution is 5.96. The molecular formula is C20H15N3O2. The van der Waals surface area contributed by atoms with E-state index < -0.39 is 5.97 Å². The summed E-state index contributed by atoms with van der Waals surface area (Å²) < 4.78 is 1.57. The summed E-state index contributed by atoms with van der Waals surface area (Å²) >= 11 is 0. The zero-order chi connectivity index (χ0) is 17.4. The van der Waals surface area contributed by atoms with Crippen LogP contribution in [0.5, 0.6) is 0 Å². The van der Waals surface area contributed by atoms with Gasteiger partial charge in [0.1, 0.15) is 5.56 Å². The summed E-state index contributed by atoms with van der Waals surface area (Å²) in [6, 6.07) is 17.7. The number of rotatable bonds is 3. The molecule has 0 aliphatic carbocycles. The summed E-state index contributed by atoms with van der Waals surface area (Å²) in [4.78, 5) is 16.0. The third-order valence-corrected chi connectivity index (χ3v) is 4.15. The van der Waals surface area contributed by atoms with Gasteiger partial charge >= 0.3 is 5.97 Å². The molecule has 1 N–H and O–H groups in total. The second-order valence-electron chi connectivity index (χ2n) is 5.82. The molecule has 122 valence electrons. The Hall–Kier alpha value is -3.47. The van der Waals surface area contributed by atoms with Crippen LogP contribution in [0.25, 0.3) is 27.9 Å². The molecule has 0 spiro atoms. The highest BCUT2D eigenvalue weighted by Gasteiger charge is 2.14. The summed E-state index contributed by atoms with van der Waals surface area (Å²) in [6.07, 6.45) is 3.15. The monoisotopic (exact) mass is 329 g/mol. The highest BCUT2D eigenvalue weighted by atomic mass is 16.4. The van der Waals surface area contributed by atoms with E-state index in [2.05, 4.69) is 10.1 Å². The summed E-state index contributed by atoms with van der Waals surface area (Å²) in [7, 11) is 0. The molecule has 3 aromatic heterocycles. The fourth-order valence-electron chi connectivity index (χ4n) is 2.96. The summed E-state index contributed by atoms with van der Waals surface area (Å²) in [5.74, 6) is -0.985. The second-order valence-corrected chi connectivity index (χ2v) is 5.82. The number of fused-ring (bicyclic) bond motifs is 1. The van der Waals surface area contributed by atoms with Gasteiger partial charge in [-0.1, -0.05) is 30.3 Å². The number of aromatic carboxylic acids is 1. The van der Waals surface area contributed by atoms with E-state index in [-0.39, 0.29) is 5.56 Å². The molecule has 1 aromatic carbocycles. The second kappa shape index (κ2) is 5.87. The molecule has 4 rings (SSSR count). The number of carboxylic acid groups (broad SMARTS) is 1. The third kappa shape index (κ3) is 2.65. The number of hydrogen-bond donors (Lipinski definition) is 1. The van der Waals surface area contributed by atoms with Crippen molar-refractivity contribution in [2.45, 2.75) is 6.92 Å². The number of carboxylic acids is 1. The molecule has 0 saturated carbocycles. The lowest BCUT2D eigenvalue weighted by Gasteiger charge is -2.10. The Morgan fingerprint density at radius 1 is 1.04 bits per heavy atom. The third-order valence-electron chi connectivity index (χ3n) is 4.15. The van der Waals surface area contributed by atoms with Gasteiger partial charge in [0.2, 0.25) is 0 Å². The van der Waals surface area contributed by atoms with Gasteiger partial charge in [0.15, 0.2) is 0 Å². The maximum absolute atomic E-state index is 11.4. The summed E-state index contributed by atoms with van der Waals surface area (Å²) in [5.41, 5.74) is 5.53. The first-order valence-corrected chi connectivity index (χ1v) is 7.87. The van der Waals surface area contributed by atoms with Crippen LogP contribution < -0.4 is 0 Å². The van der Waals surface area contributed by atoms with Crippen LogP contribution in [0.2, 0.25) is 0 Å². The van der Waals surface area contributed by atoms with Crippen LogP contribution in [0, 0.1) is 6.92 Å². The molecule has 25 heavy (non-hydrogen) atoms. The van der Waals surface area contributed by atoms with Gasteiger partial charge in [0.25, 0.3) is 0 Å². The van der Waals surface area contributed by atoms with Gasteiger partial charge in [-0.3, -0.25) is 4.98 Å². The summed E-state index contributed by atoms with van der Waals surface area (Å²) in [5, 5.41) is 13.4. The van der Waals surface area contributed by atoms with Crippen LogP contribution >= 0.6 is 0 Å². The van der Waals surface area contributed by atoms with Crippen molar-refractivity contribution in [3.05, 3.63) is 78.2 Å². The normalized spacial score (nSPS) is 10.9. The average Bonchev–Trinajstić information content (AvgIpc) is 3.05. The van der Waals surface area contributed by atoms with Crippen LogP contribution in [-0.2, 0) is 0 Å². The van der Waals surface area contributed by atoms with Crippen molar-refractivity contribution < 1.29 is 9.90 Å². The quantitative estimate of drug-likeness (QED) is 0.615. The van der Waals surface area contributed by atoms with Gasteiger partial charge in [-0.05, 0) is 42.3 Å². The van der Waals surface area contributed by atoms with E-state index >= 15 is 0 Å². The highest BCUT2D eigenvalue weighted by Crippen LogP contribution is 2.32. The topological polar surface area (TPSA) is 67.5 Å². The number of carbonyl (C=O) groups is 1. The van der Waals surface area contributed by atoms with Crippen LogP contribution in [0.4, 0.5) is 0 Å². The zero-order valence-electron chi connectivity index (χ0n) is 13.5. The minimum absolute atomic E-state index is 0.188. The van der Waals surface area contributed by atoms with E-state index in [9.17, 15) is 9.90 Å². The van der Waals surface area contributed by atoms with Crippen LogP contribution in [-0.4, -0.2) is 25.7 Å². The molecule has 0 fully saturated rings. The first-order valence-electron chi connectivity index (χ1n) is 7.87. The van der Waals surface area contributed by atoms with Crippen molar-refractivity contribution in [3.63, 3.8) is 0 Å². The number of benzene rings is 1. The Labute approximate surface area is 144 Å². The van der Waals surface area contributed by atoms with E-state index in [4.69, 9.17) is 0 Å². The van der Waals surface area contributed by atoms with E-state index in [1.165, 1.54) is 6.20 Å². The van der Waals surface area contributed by atoms with Crippen molar-refractivity contribution >= 4 is 11.5 Å². The van der Waals surface area contributed by atoms with E-state index in [1.807, 2.05) is 61.5 Å². The van der Waals surface area contributed by atoms with E-state index in [1.54, 1.807) is 10.7 Å².